The van der Waals surface area contributed by atoms with Gasteiger partial charge in [0.25, 0.3) is 0 Å². The maximum atomic E-state index is 11.7. The molecule has 19 heavy (non-hydrogen) atoms. The first-order valence-corrected chi connectivity index (χ1v) is 6.58. The molecular weight excluding hydrogens is 238 g/mol. The quantitative estimate of drug-likeness (QED) is 0.769. The lowest BCUT2D eigenvalue weighted by Crippen LogP contribution is -2.13. The van der Waals surface area contributed by atoms with Crippen molar-refractivity contribution in [2.24, 2.45) is 5.92 Å². The lowest BCUT2D eigenvalue weighted by molar-refractivity contribution is -0.117. The highest BCUT2D eigenvalue weighted by molar-refractivity contribution is 5.94. The fourth-order valence-electron chi connectivity index (χ4n) is 1.97. The van der Waals surface area contributed by atoms with Crippen LogP contribution in [0.25, 0.3) is 0 Å². The van der Waals surface area contributed by atoms with E-state index in [1.807, 2.05) is 42.6 Å². The molecule has 0 saturated heterocycles. The fraction of sp³-hybridized carbons (Fsp3) is 0.267. The van der Waals surface area contributed by atoms with Crippen molar-refractivity contribution in [3.63, 3.8) is 0 Å². The van der Waals surface area contributed by atoms with Crippen LogP contribution in [0.15, 0.2) is 42.6 Å². The van der Waals surface area contributed by atoms with Gasteiger partial charge in [-0.1, -0.05) is 6.07 Å². The average Bonchev–Trinajstić information content (AvgIpc) is 3.14. The van der Waals surface area contributed by atoms with E-state index in [1.165, 1.54) is 0 Å². The molecule has 1 heterocycles. The molecule has 0 spiro atoms. The summed E-state index contributed by atoms with van der Waals surface area (Å²) in [5.41, 5.74) is 2.99. The second-order valence-corrected chi connectivity index (χ2v) is 4.89. The molecule has 98 valence electrons. The zero-order valence-electron chi connectivity index (χ0n) is 10.6. The molecule has 1 fully saturated rings. The molecule has 1 aromatic heterocycles. The lowest BCUT2D eigenvalue weighted by Gasteiger charge is -2.08. The topological polar surface area (TPSA) is 56.9 Å². The van der Waals surface area contributed by atoms with Crippen LogP contribution >= 0.6 is 0 Å². The first kappa shape index (κ1) is 11.8. The number of carbonyl (C=O) groups is 1. The summed E-state index contributed by atoms with van der Waals surface area (Å²) in [5.74, 6) is 0.372. The molecule has 2 aromatic rings. The molecule has 4 nitrogen and oxygen atoms in total. The van der Waals surface area contributed by atoms with Crippen LogP contribution in [-0.4, -0.2) is 10.9 Å². The highest BCUT2D eigenvalue weighted by atomic mass is 16.2. The maximum absolute atomic E-state index is 11.7. The van der Waals surface area contributed by atoms with Crippen LogP contribution in [0.4, 0.5) is 11.4 Å². The summed E-state index contributed by atoms with van der Waals surface area (Å²) in [7, 11) is 0. The summed E-state index contributed by atoms with van der Waals surface area (Å²) in [6.45, 7) is 0.743. The zero-order chi connectivity index (χ0) is 13.1. The van der Waals surface area contributed by atoms with Crippen LogP contribution in [0.5, 0.6) is 0 Å². The number of anilines is 2. The number of H-pyrrole nitrogens is 1. The average molecular weight is 255 g/mol. The molecular formula is C15H17N3O. The monoisotopic (exact) mass is 255 g/mol. The third kappa shape index (κ3) is 3.16. The molecule has 0 atom stereocenters. The second kappa shape index (κ2) is 5.18. The minimum absolute atomic E-state index is 0.140. The van der Waals surface area contributed by atoms with Gasteiger partial charge in [0.2, 0.25) is 5.91 Å². The standard InChI is InChI=1S/C15H17N3O/c19-15(11-6-7-11)18-13-4-1-3-12(9-13)17-10-14-5-2-8-16-14/h1-5,8-9,11,16-17H,6-7,10H2,(H,18,19). The number of aromatic nitrogens is 1. The largest absolute Gasteiger partial charge is 0.379 e. The minimum Gasteiger partial charge on any atom is -0.379 e. The van der Waals surface area contributed by atoms with Gasteiger partial charge in [-0.15, -0.1) is 0 Å². The first-order valence-electron chi connectivity index (χ1n) is 6.58. The van der Waals surface area contributed by atoms with Crippen molar-refractivity contribution in [3.05, 3.63) is 48.3 Å². The van der Waals surface area contributed by atoms with Gasteiger partial charge in [-0.2, -0.15) is 0 Å². The van der Waals surface area contributed by atoms with E-state index in [1.54, 1.807) is 0 Å². The lowest BCUT2D eigenvalue weighted by atomic mass is 10.2. The number of amides is 1. The van der Waals surface area contributed by atoms with Gasteiger partial charge in [-0.05, 0) is 43.2 Å². The van der Waals surface area contributed by atoms with E-state index < -0.39 is 0 Å². The fourth-order valence-corrected chi connectivity index (χ4v) is 1.97. The van der Waals surface area contributed by atoms with E-state index in [-0.39, 0.29) is 11.8 Å². The van der Waals surface area contributed by atoms with E-state index in [0.717, 1.165) is 36.5 Å². The molecule has 0 radical (unpaired) electrons. The summed E-state index contributed by atoms with van der Waals surface area (Å²) in [6.07, 6.45) is 3.95. The molecule has 1 aliphatic carbocycles. The summed E-state index contributed by atoms with van der Waals surface area (Å²) >= 11 is 0. The molecule has 4 heteroatoms. The Morgan fingerprint density at radius 1 is 1.21 bits per heavy atom. The Kier molecular flexibility index (Phi) is 3.23. The van der Waals surface area contributed by atoms with Crippen LogP contribution in [0, 0.1) is 5.92 Å². The van der Waals surface area contributed by atoms with Gasteiger partial charge in [0.15, 0.2) is 0 Å². The minimum atomic E-state index is 0.140. The van der Waals surface area contributed by atoms with Crippen molar-refractivity contribution in [2.45, 2.75) is 19.4 Å². The normalized spacial score (nSPS) is 14.1. The van der Waals surface area contributed by atoms with E-state index >= 15 is 0 Å². The Morgan fingerprint density at radius 3 is 2.79 bits per heavy atom. The summed E-state index contributed by atoms with van der Waals surface area (Å²) in [4.78, 5) is 14.8. The molecule has 0 unspecified atom stereocenters. The number of carbonyl (C=O) groups excluding carboxylic acids is 1. The first-order chi connectivity index (χ1) is 9.31. The number of benzene rings is 1. The molecule has 0 aliphatic heterocycles. The van der Waals surface area contributed by atoms with Crippen molar-refractivity contribution in [3.8, 4) is 0 Å². The van der Waals surface area contributed by atoms with Gasteiger partial charge in [-0.3, -0.25) is 4.79 Å². The second-order valence-electron chi connectivity index (χ2n) is 4.89. The Hall–Kier alpha value is -2.23. The van der Waals surface area contributed by atoms with Crippen LogP contribution < -0.4 is 10.6 Å². The molecule has 0 bridgehead atoms. The van der Waals surface area contributed by atoms with Crippen LogP contribution in [0.1, 0.15) is 18.5 Å². The van der Waals surface area contributed by atoms with Crippen molar-refractivity contribution in [1.82, 2.24) is 4.98 Å². The summed E-state index contributed by atoms with van der Waals surface area (Å²) in [5, 5.41) is 6.27. The van der Waals surface area contributed by atoms with Crippen molar-refractivity contribution < 1.29 is 4.79 Å². The molecule has 1 amide bonds. The highest BCUT2D eigenvalue weighted by Gasteiger charge is 2.29. The number of rotatable bonds is 5. The Bertz CT molecular complexity index is 559. The predicted octanol–water partition coefficient (Wildman–Crippen LogP) is 2.98. The van der Waals surface area contributed by atoms with E-state index in [0.29, 0.717) is 0 Å². The van der Waals surface area contributed by atoms with Gasteiger partial charge in [0.1, 0.15) is 0 Å². The van der Waals surface area contributed by atoms with Crippen LogP contribution in [0.3, 0.4) is 0 Å². The van der Waals surface area contributed by atoms with Gasteiger partial charge >= 0.3 is 0 Å². The highest BCUT2D eigenvalue weighted by Crippen LogP contribution is 2.30. The Labute approximate surface area is 112 Å². The molecule has 3 N–H and O–H groups in total. The predicted molar refractivity (Wildman–Crippen MR) is 75.9 cm³/mol. The number of aromatic amines is 1. The molecule has 1 aromatic carbocycles. The smallest absolute Gasteiger partial charge is 0.227 e. The molecule has 1 saturated carbocycles. The van der Waals surface area contributed by atoms with Crippen LogP contribution in [-0.2, 0) is 11.3 Å². The number of nitrogens with one attached hydrogen (secondary N) is 3. The van der Waals surface area contributed by atoms with E-state index in [9.17, 15) is 4.79 Å². The third-order valence-corrected chi connectivity index (χ3v) is 3.22. The van der Waals surface area contributed by atoms with Gasteiger partial charge < -0.3 is 15.6 Å². The number of hydrogen-bond donors (Lipinski definition) is 3. The van der Waals surface area contributed by atoms with Crippen LogP contribution in [0.2, 0.25) is 0 Å². The SMILES string of the molecule is O=C(Nc1cccc(NCc2ccc[nH]2)c1)C1CC1. The van der Waals surface area contributed by atoms with Crippen molar-refractivity contribution >= 4 is 17.3 Å². The third-order valence-electron chi connectivity index (χ3n) is 3.22. The summed E-state index contributed by atoms with van der Waals surface area (Å²) in [6, 6.07) is 11.8. The Morgan fingerprint density at radius 2 is 2.05 bits per heavy atom. The van der Waals surface area contributed by atoms with Gasteiger partial charge in [0.05, 0.1) is 6.54 Å². The summed E-state index contributed by atoms with van der Waals surface area (Å²) < 4.78 is 0. The molecule has 3 rings (SSSR count). The molecule has 1 aliphatic rings. The van der Waals surface area contributed by atoms with Crippen molar-refractivity contribution in [1.29, 1.82) is 0 Å². The van der Waals surface area contributed by atoms with E-state index in [2.05, 4.69) is 15.6 Å². The maximum Gasteiger partial charge on any atom is 0.227 e. The zero-order valence-corrected chi connectivity index (χ0v) is 10.6. The number of hydrogen-bond acceptors (Lipinski definition) is 2. The van der Waals surface area contributed by atoms with Crippen molar-refractivity contribution in [2.75, 3.05) is 10.6 Å². The van der Waals surface area contributed by atoms with Gasteiger partial charge in [0, 0.05) is 29.2 Å². The van der Waals surface area contributed by atoms with E-state index in [4.69, 9.17) is 0 Å². The van der Waals surface area contributed by atoms with Gasteiger partial charge in [-0.25, -0.2) is 0 Å². The Balaban J connectivity index is 1.60.